The van der Waals surface area contributed by atoms with E-state index in [9.17, 15) is 13.9 Å². The van der Waals surface area contributed by atoms with Crippen LogP contribution in [0.4, 0.5) is 8.78 Å². The molecule has 0 spiro atoms. The average molecular weight is 368 g/mol. The summed E-state index contributed by atoms with van der Waals surface area (Å²) >= 11 is 14.6. The predicted molar refractivity (Wildman–Crippen MR) is 74.6 cm³/mol. The quantitative estimate of drug-likeness (QED) is 0.730. The molecular weight excluding hydrogens is 361 g/mol. The van der Waals surface area contributed by atoms with Gasteiger partial charge in [-0.05, 0) is 34.1 Å². The Balaban J connectivity index is 2.53. The van der Waals surface area contributed by atoms with Crippen LogP contribution in [0.15, 0.2) is 34.8 Å². The monoisotopic (exact) mass is 366 g/mol. The van der Waals surface area contributed by atoms with Gasteiger partial charge in [0.15, 0.2) is 0 Å². The van der Waals surface area contributed by atoms with Crippen LogP contribution in [0.3, 0.4) is 0 Å². The van der Waals surface area contributed by atoms with Crippen molar-refractivity contribution in [3.63, 3.8) is 0 Å². The number of aliphatic hydroxyl groups excluding tert-OH is 1. The van der Waals surface area contributed by atoms with E-state index in [-0.39, 0.29) is 25.6 Å². The zero-order chi connectivity index (χ0) is 14.2. The van der Waals surface area contributed by atoms with Gasteiger partial charge in [-0.25, -0.2) is 8.78 Å². The van der Waals surface area contributed by atoms with Gasteiger partial charge < -0.3 is 5.11 Å². The molecule has 1 atom stereocenters. The van der Waals surface area contributed by atoms with Gasteiger partial charge in [0.1, 0.15) is 17.7 Å². The number of hydrogen-bond donors (Lipinski definition) is 1. The molecule has 0 bridgehead atoms. The maximum atomic E-state index is 13.8. The second-order valence-corrected chi connectivity index (χ2v) is 5.47. The van der Waals surface area contributed by atoms with Crippen LogP contribution in [0.25, 0.3) is 0 Å². The van der Waals surface area contributed by atoms with Crippen molar-refractivity contribution in [3.8, 4) is 0 Å². The normalized spacial score (nSPS) is 12.5. The molecule has 1 nitrogen and oxygen atoms in total. The lowest BCUT2D eigenvalue weighted by Gasteiger charge is -2.15. The fourth-order valence-corrected chi connectivity index (χ4v) is 2.37. The summed E-state index contributed by atoms with van der Waals surface area (Å²) in [5.41, 5.74) is 0.0136. The third-order valence-electron chi connectivity index (χ3n) is 2.61. The predicted octanol–water partition coefficient (Wildman–Crippen LogP) is 5.12. The standard InChI is InChI=1S/C13H7BrCl2F2O/c14-8-5-10(17)7(4-11(8)18)13(19)6-2-1-3-9(15)12(6)16/h1-5,13,19H. The van der Waals surface area contributed by atoms with Gasteiger partial charge in [-0.1, -0.05) is 35.3 Å². The average Bonchev–Trinajstić information content (AvgIpc) is 2.36. The minimum absolute atomic E-state index is 0.0156. The number of aliphatic hydroxyl groups is 1. The highest BCUT2D eigenvalue weighted by Crippen LogP contribution is 2.35. The third-order valence-corrected chi connectivity index (χ3v) is 4.05. The molecule has 2 aromatic rings. The molecule has 2 rings (SSSR count). The molecule has 0 aliphatic heterocycles. The molecule has 1 N–H and O–H groups in total. The Bertz CT molecular complexity index is 634. The Labute approximate surface area is 126 Å². The van der Waals surface area contributed by atoms with E-state index in [1.165, 1.54) is 6.07 Å². The molecule has 0 heterocycles. The Morgan fingerprint density at radius 2 is 1.74 bits per heavy atom. The first-order valence-corrected chi connectivity index (χ1v) is 6.73. The van der Waals surface area contributed by atoms with Crippen molar-refractivity contribution >= 4 is 39.1 Å². The Hall–Kier alpha value is -0.680. The van der Waals surface area contributed by atoms with Crippen molar-refractivity contribution in [2.75, 3.05) is 0 Å². The van der Waals surface area contributed by atoms with E-state index in [4.69, 9.17) is 23.2 Å². The van der Waals surface area contributed by atoms with Crippen molar-refractivity contribution in [1.29, 1.82) is 0 Å². The highest BCUT2D eigenvalue weighted by molar-refractivity contribution is 9.10. The van der Waals surface area contributed by atoms with Gasteiger partial charge in [0.25, 0.3) is 0 Å². The Kier molecular flexibility index (Phi) is 4.46. The first-order chi connectivity index (χ1) is 8.91. The SMILES string of the molecule is OC(c1cc(F)c(Br)cc1F)c1cccc(Cl)c1Cl. The van der Waals surface area contributed by atoms with E-state index >= 15 is 0 Å². The van der Waals surface area contributed by atoms with Crippen LogP contribution in [0, 0.1) is 11.6 Å². The topological polar surface area (TPSA) is 20.2 Å². The van der Waals surface area contributed by atoms with Gasteiger partial charge in [0, 0.05) is 11.1 Å². The highest BCUT2D eigenvalue weighted by atomic mass is 79.9. The molecule has 1 unspecified atom stereocenters. The lowest BCUT2D eigenvalue weighted by Crippen LogP contribution is -2.04. The summed E-state index contributed by atoms with van der Waals surface area (Å²) in [5.74, 6) is -1.41. The fourth-order valence-electron chi connectivity index (χ4n) is 1.65. The van der Waals surface area contributed by atoms with Crippen LogP contribution >= 0.6 is 39.1 Å². The van der Waals surface area contributed by atoms with Gasteiger partial charge >= 0.3 is 0 Å². The van der Waals surface area contributed by atoms with Crippen LogP contribution in [-0.2, 0) is 0 Å². The first kappa shape index (κ1) is 14.7. The van der Waals surface area contributed by atoms with Crippen molar-refractivity contribution in [2.24, 2.45) is 0 Å². The number of benzene rings is 2. The van der Waals surface area contributed by atoms with Crippen LogP contribution in [0.5, 0.6) is 0 Å². The summed E-state index contributed by atoms with van der Waals surface area (Å²) < 4.78 is 27.2. The molecule has 0 aliphatic carbocycles. The molecule has 2 aromatic carbocycles. The second-order valence-electron chi connectivity index (χ2n) is 3.83. The number of halogens is 5. The lowest BCUT2D eigenvalue weighted by atomic mass is 10.0. The maximum absolute atomic E-state index is 13.8. The lowest BCUT2D eigenvalue weighted by molar-refractivity contribution is 0.214. The Morgan fingerprint density at radius 1 is 1.05 bits per heavy atom. The fraction of sp³-hybridized carbons (Fsp3) is 0.0769. The molecule has 0 amide bonds. The molecule has 0 aromatic heterocycles. The largest absolute Gasteiger partial charge is 0.383 e. The molecule has 0 aliphatic rings. The van der Waals surface area contributed by atoms with E-state index in [0.29, 0.717) is 0 Å². The summed E-state index contributed by atoms with van der Waals surface area (Å²) in [6.45, 7) is 0. The molecule has 0 saturated heterocycles. The van der Waals surface area contributed by atoms with E-state index in [2.05, 4.69) is 15.9 Å². The van der Waals surface area contributed by atoms with Crippen LogP contribution in [0.2, 0.25) is 10.0 Å². The molecule has 0 saturated carbocycles. The van der Waals surface area contributed by atoms with Gasteiger partial charge in [0.2, 0.25) is 0 Å². The molecule has 0 radical (unpaired) electrons. The van der Waals surface area contributed by atoms with Crippen LogP contribution < -0.4 is 0 Å². The Morgan fingerprint density at radius 3 is 2.42 bits per heavy atom. The minimum Gasteiger partial charge on any atom is -0.383 e. The maximum Gasteiger partial charge on any atom is 0.137 e. The van der Waals surface area contributed by atoms with Crippen molar-refractivity contribution in [1.82, 2.24) is 0 Å². The summed E-state index contributed by atoms with van der Waals surface area (Å²) in [6.07, 6.45) is -1.39. The molecule has 19 heavy (non-hydrogen) atoms. The van der Waals surface area contributed by atoms with Crippen LogP contribution in [0.1, 0.15) is 17.2 Å². The molecule has 0 fully saturated rings. The third kappa shape index (κ3) is 2.92. The summed E-state index contributed by atoms with van der Waals surface area (Å²) in [5, 5.41) is 10.5. The number of rotatable bonds is 2. The summed E-state index contributed by atoms with van der Waals surface area (Å²) in [4.78, 5) is 0. The van der Waals surface area contributed by atoms with E-state index in [0.717, 1.165) is 12.1 Å². The van der Waals surface area contributed by atoms with Gasteiger partial charge in [-0.15, -0.1) is 0 Å². The molecular formula is C13H7BrCl2F2O. The van der Waals surface area contributed by atoms with Gasteiger partial charge in [0.05, 0.1) is 14.5 Å². The second kappa shape index (κ2) is 5.75. The molecule has 6 heteroatoms. The zero-order valence-electron chi connectivity index (χ0n) is 9.30. The number of hydrogen-bond acceptors (Lipinski definition) is 1. The minimum atomic E-state index is -1.39. The van der Waals surface area contributed by atoms with Gasteiger partial charge in [-0.3, -0.25) is 0 Å². The smallest absolute Gasteiger partial charge is 0.137 e. The molecule has 100 valence electrons. The van der Waals surface area contributed by atoms with Crippen LogP contribution in [-0.4, -0.2) is 5.11 Å². The first-order valence-electron chi connectivity index (χ1n) is 5.18. The van der Waals surface area contributed by atoms with Crippen molar-refractivity contribution in [3.05, 3.63) is 67.6 Å². The van der Waals surface area contributed by atoms with E-state index in [1.54, 1.807) is 12.1 Å². The summed E-state index contributed by atoms with van der Waals surface area (Å²) in [7, 11) is 0. The zero-order valence-corrected chi connectivity index (χ0v) is 12.4. The van der Waals surface area contributed by atoms with Gasteiger partial charge in [-0.2, -0.15) is 0 Å². The van der Waals surface area contributed by atoms with Crippen molar-refractivity contribution in [2.45, 2.75) is 6.10 Å². The highest BCUT2D eigenvalue weighted by Gasteiger charge is 2.20. The van der Waals surface area contributed by atoms with Crippen molar-refractivity contribution < 1.29 is 13.9 Å². The van der Waals surface area contributed by atoms with E-state index in [1.807, 2.05) is 0 Å². The van der Waals surface area contributed by atoms with E-state index < -0.39 is 17.7 Å². The summed E-state index contributed by atoms with van der Waals surface area (Å²) in [6, 6.07) is 6.48.